The minimum absolute atomic E-state index is 0. The van der Waals surface area contributed by atoms with Crippen molar-refractivity contribution < 1.29 is 13.9 Å². The number of nitrogens with zero attached hydrogens (tertiary/aromatic N) is 1. The van der Waals surface area contributed by atoms with Gasteiger partial charge in [0, 0.05) is 25.2 Å². The monoisotopic (exact) mass is 368 g/mol. The highest BCUT2D eigenvalue weighted by molar-refractivity contribution is 5.94. The molecule has 2 aliphatic heterocycles. The molecule has 1 spiro atoms. The summed E-state index contributed by atoms with van der Waals surface area (Å²) in [5, 5.41) is 2.96. The van der Waals surface area contributed by atoms with E-state index in [0.29, 0.717) is 43.9 Å². The van der Waals surface area contributed by atoms with Gasteiger partial charge in [-0.3, -0.25) is 4.79 Å². The van der Waals surface area contributed by atoms with Crippen LogP contribution in [0.25, 0.3) is 0 Å². The number of amides is 1. The Balaban J connectivity index is 0.00000182. The second-order valence-corrected chi connectivity index (χ2v) is 7.47. The lowest BCUT2D eigenvalue weighted by molar-refractivity contribution is -0.117. The summed E-state index contributed by atoms with van der Waals surface area (Å²) in [4.78, 5) is 14.8. The molecule has 3 fully saturated rings. The van der Waals surface area contributed by atoms with Gasteiger partial charge in [-0.2, -0.15) is 0 Å². The SMILES string of the molecule is Cl.O=C(c1cccc(C2(F)CNC2)c1)N1CCOC2(CCCCC2)C1. The second kappa shape index (κ2) is 7.22. The van der Waals surface area contributed by atoms with Gasteiger partial charge in [0.1, 0.15) is 0 Å². The van der Waals surface area contributed by atoms with Gasteiger partial charge in [-0.25, -0.2) is 4.39 Å². The summed E-state index contributed by atoms with van der Waals surface area (Å²) in [6.45, 7) is 2.53. The smallest absolute Gasteiger partial charge is 0.254 e. The van der Waals surface area contributed by atoms with E-state index in [4.69, 9.17) is 4.74 Å². The number of nitrogens with one attached hydrogen (secondary N) is 1. The van der Waals surface area contributed by atoms with Crippen molar-refractivity contribution in [2.24, 2.45) is 0 Å². The largest absolute Gasteiger partial charge is 0.371 e. The van der Waals surface area contributed by atoms with Gasteiger partial charge in [-0.15, -0.1) is 12.4 Å². The highest BCUT2D eigenvalue weighted by Crippen LogP contribution is 2.35. The Morgan fingerprint density at radius 2 is 1.96 bits per heavy atom. The molecular weight excluding hydrogens is 343 g/mol. The lowest BCUT2D eigenvalue weighted by atomic mass is 9.83. The van der Waals surface area contributed by atoms with E-state index in [-0.39, 0.29) is 23.9 Å². The predicted octanol–water partition coefficient (Wildman–Crippen LogP) is 3.05. The van der Waals surface area contributed by atoms with E-state index in [0.717, 1.165) is 12.8 Å². The molecule has 3 aliphatic rings. The molecule has 138 valence electrons. The summed E-state index contributed by atoms with van der Waals surface area (Å²) in [5.41, 5.74) is -0.286. The van der Waals surface area contributed by atoms with E-state index in [2.05, 4.69) is 5.32 Å². The number of ether oxygens (including phenoxy) is 1. The zero-order chi connectivity index (χ0) is 16.6. The zero-order valence-electron chi connectivity index (χ0n) is 14.4. The molecule has 0 radical (unpaired) electrons. The van der Waals surface area contributed by atoms with Crippen LogP contribution >= 0.6 is 12.4 Å². The Hall–Kier alpha value is -1.17. The molecule has 2 saturated heterocycles. The van der Waals surface area contributed by atoms with E-state index < -0.39 is 5.67 Å². The summed E-state index contributed by atoms with van der Waals surface area (Å²) in [6, 6.07) is 7.09. The number of hydrogen-bond acceptors (Lipinski definition) is 3. The lowest BCUT2D eigenvalue weighted by Gasteiger charge is -2.45. The van der Waals surface area contributed by atoms with Gasteiger partial charge >= 0.3 is 0 Å². The van der Waals surface area contributed by atoms with Crippen molar-refractivity contribution in [1.29, 1.82) is 0 Å². The van der Waals surface area contributed by atoms with Crippen LogP contribution in [0.4, 0.5) is 4.39 Å². The summed E-state index contributed by atoms with van der Waals surface area (Å²) >= 11 is 0. The molecule has 0 atom stereocenters. The Morgan fingerprint density at radius 1 is 1.20 bits per heavy atom. The lowest BCUT2D eigenvalue weighted by Crippen LogP contribution is -2.55. The van der Waals surface area contributed by atoms with E-state index in [9.17, 15) is 9.18 Å². The Bertz CT molecular complexity index is 624. The number of halogens is 2. The molecule has 1 aromatic rings. The maximum Gasteiger partial charge on any atom is 0.254 e. The predicted molar refractivity (Wildman–Crippen MR) is 97.0 cm³/mol. The molecule has 0 unspecified atom stereocenters. The van der Waals surface area contributed by atoms with Gasteiger partial charge in [-0.05, 0) is 30.5 Å². The van der Waals surface area contributed by atoms with Crippen LogP contribution in [0, 0.1) is 0 Å². The summed E-state index contributed by atoms with van der Waals surface area (Å²) in [5.74, 6) is 0.000908. The van der Waals surface area contributed by atoms with Gasteiger partial charge in [0.2, 0.25) is 0 Å². The van der Waals surface area contributed by atoms with Crippen LogP contribution in [0.3, 0.4) is 0 Å². The normalized spacial score (nSPS) is 24.3. The van der Waals surface area contributed by atoms with Crippen LogP contribution < -0.4 is 5.32 Å². The van der Waals surface area contributed by atoms with E-state index in [1.54, 1.807) is 24.3 Å². The molecule has 4 rings (SSSR count). The van der Waals surface area contributed by atoms with E-state index in [1.807, 2.05) is 4.90 Å². The van der Waals surface area contributed by atoms with Crippen molar-refractivity contribution in [3.8, 4) is 0 Å². The third-order valence-corrected chi connectivity index (χ3v) is 5.74. The molecule has 4 nitrogen and oxygen atoms in total. The van der Waals surface area contributed by atoms with Crippen molar-refractivity contribution in [2.45, 2.75) is 43.4 Å². The van der Waals surface area contributed by atoms with Crippen LogP contribution in [0.1, 0.15) is 48.0 Å². The number of hydrogen-bond donors (Lipinski definition) is 1. The van der Waals surface area contributed by atoms with Crippen LogP contribution in [0.2, 0.25) is 0 Å². The Labute approximate surface area is 154 Å². The average molecular weight is 369 g/mol. The molecular formula is C19H26ClFN2O2. The van der Waals surface area contributed by atoms with Crippen LogP contribution in [-0.2, 0) is 10.4 Å². The number of carbonyl (C=O) groups excluding carboxylic acids is 1. The maximum atomic E-state index is 14.6. The number of rotatable bonds is 2. The molecule has 0 bridgehead atoms. The first-order valence-electron chi connectivity index (χ1n) is 9.04. The van der Waals surface area contributed by atoms with Crippen molar-refractivity contribution in [3.05, 3.63) is 35.4 Å². The second-order valence-electron chi connectivity index (χ2n) is 7.47. The molecule has 0 aromatic heterocycles. The first kappa shape index (κ1) is 18.6. The molecule has 2 heterocycles. The standard InChI is InChI=1S/C19H25FN2O2.ClH/c20-19(12-21-13-19)16-6-4-5-15(11-16)17(23)22-9-10-24-18(14-22)7-2-1-3-8-18;/h4-6,11,21H,1-3,7-10,12-14H2;1H. The first-order chi connectivity index (χ1) is 11.6. The molecule has 1 aromatic carbocycles. The van der Waals surface area contributed by atoms with Gasteiger partial charge in [0.05, 0.1) is 18.8 Å². The summed E-state index contributed by atoms with van der Waals surface area (Å²) < 4.78 is 20.7. The summed E-state index contributed by atoms with van der Waals surface area (Å²) in [7, 11) is 0. The number of carbonyl (C=O) groups is 1. The van der Waals surface area contributed by atoms with Gasteiger partial charge in [-0.1, -0.05) is 31.4 Å². The van der Waals surface area contributed by atoms with Gasteiger partial charge < -0.3 is 15.0 Å². The highest BCUT2D eigenvalue weighted by Gasteiger charge is 2.41. The van der Waals surface area contributed by atoms with Crippen LogP contribution in [0.5, 0.6) is 0 Å². The van der Waals surface area contributed by atoms with Crippen molar-refractivity contribution in [2.75, 3.05) is 32.8 Å². The van der Waals surface area contributed by atoms with Gasteiger partial charge in [0.15, 0.2) is 5.67 Å². The molecule has 25 heavy (non-hydrogen) atoms. The number of alkyl halides is 1. The maximum absolute atomic E-state index is 14.6. The Kier molecular flexibility index (Phi) is 5.37. The summed E-state index contributed by atoms with van der Waals surface area (Å²) in [6.07, 6.45) is 5.68. The topological polar surface area (TPSA) is 41.6 Å². The third kappa shape index (κ3) is 3.55. The molecule has 6 heteroatoms. The molecule has 1 amide bonds. The van der Waals surface area contributed by atoms with Crippen molar-refractivity contribution in [1.82, 2.24) is 10.2 Å². The Morgan fingerprint density at radius 3 is 2.64 bits per heavy atom. The number of benzene rings is 1. The van der Waals surface area contributed by atoms with Crippen molar-refractivity contribution >= 4 is 18.3 Å². The molecule has 1 N–H and O–H groups in total. The van der Waals surface area contributed by atoms with Gasteiger partial charge in [0.25, 0.3) is 5.91 Å². The van der Waals surface area contributed by atoms with Crippen LogP contribution in [0.15, 0.2) is 24.3 Å². The zero-order valence-corrected chi connectivity index (χ0v) is 15.2. The third-order valence-electron chi connectivity index (χ3n) is 5.74. The minimum atomic E-state index is -1.33. The van der Waals surface area contributed by atoms with E-state index in [1.165, 1.54) is 19.3 Å². The fourth-order valence-corrected chi connectivity index (χ4v) is 4.18. The first-order valence-corrected chi connectivity index (χ1v) is 9.04. The fraction of sp³-hybridized carbons (Fsp3) is 0.632. The van der Waals surface area contributed by atoms with E-state index >= 15 is 0 Å². The average Bonchev–Trinajstić information content (AvgIpc) is 2.60. The molecule has 1 saturated carbocycles. The fourth-order valence-electron chi connectivity index (χ4n) is 4.18. The molecule has 1 aliphatic carbocycles. The van der Waals surface area contributed by atoms with Crippen LogP contribution in [-0.4, -0.2) is 49.2 Å². The minimum Gasteiger partial charge on any atom is -0.371 e. The quantitative estimate of drug-likeness (QED) is 0.872. The number of morpholine rings is 1. The highest BCUT2D eigenvalue weighted by atomic mass is 35.5. The van der Waals surface area contributed by atoms with Crippen molar-refractivity contribution in [3.63, 3.8) is 0 Å².